The molecule has 0 aromatic carbocycles. The zero-order valence-electron chi connectivity index (χ0n) is 8.39. The Morgan fingerprint density at radius 3 is 2.88 bits per heavy atom. The Morgan fingerprint density at radius 2 is 2.31 bits per heavy atom. The lowest BCUT2D eigenvalue weighted by molar-refractivity contribution is 0.0703. The largest absolute Gasteiger partial charge is 0.495 e. The summed E-state index contributed by atoms with van der Waals surface area (Å²) in [5, 5.41) is 10.8. The predicted octanol–water partition coefficient (Wildman–Crippen LogP) is 2.77. The van der Waals surface area contributed by atoms with Gasteiger partial charge in [0.2, 0.25) is 0 Å². The fourth-order valence-electron chi connectivity index (χ4n) is 1.32. The number of hydrogen-bond acceptors (Lipinski definition) is 5. The van der Waals surface area contributed by atoms with Crippen LogP contribution < -0.4 is 10.5 Å². The van der Waals surface area contributed by atoms with E-state index < -0.39 is 5.97 Å². The Morgan fingerprint density at radius 1 is 1.56 bits per heavy atom. The molecule has 0 aliphatic heterocycles. The van der Waals surface area contributed by atoms with Gasteiger partial charge in [-0.05, 0) is 17.5 Å². The van der Waals surface area contributed by atoms with Crippen LogP contribution in [0.3, 0.4) is 0 Å². The Balaban J connectivity index is 2.49. The van der Waals surface area contributed by atoms with Crippen LogP contribution in [0.25, 0.3) is 9.75 Å². The molecule has 0 atom stereocenters. The van der Waals surface area contributed by atoms with Crippen molar-refractivity contribution in [3.05, 3.63) is 22.4 Å². The highest BCUT2D eigenvalue weighted by molar-refractivity contribution is 7.23. The lowest BCUT2D eigenvalue weighted by atomic mass is 10.3. The van der Waals surface area contributed by atoms with Crippen LogP contribution >= 0.6 is 22.7 Å². The molecule has 0 aliphatic rings. The Labute approximate surface area is 99.9 Å². The molecule has 2 rings (SSSR count). The second-order valence-corrected chi connectivity index (χ2v) is 4.99. The fourth-order valence-corrected chi connectivity index (χ4v) is 3.22. The summed E-state index contributed by atoms with van der Waals surface area (Å²) in [5.41, 5.74) is 5.93. The van der Waals surface area contributed by atoms with Crippen molar-refractivity contribution in [3.8, 4) is 15.5 Å². The van der Waals surface area contributed by atoms with E-state index in [2.05, 4.69) is 0 Å². The van der Waals surface area contributed by atoms with Gasteiger partial charge >= 0.3 is 5.97 Å². The maximum atomic E-state index is 10.9. The van der Waals surface area contributed by atoms with Crippen molar-refractivity contribution in [1.82, 2.24) is 0 Å². The van der Waals surface area contributed by atoms with E-state index in [4.69, 9.17) is 15.6 Å². The number of carboxylic acid groups (broad SMARTS) is 1. The van der Waals surface area contributed by atoms with Crippen molar-refractivity contribution < 1.29 is 14.6 Å². The van der Waals surface area contributed by atoms with Gasteiger partial charge in [0.15, 0.2) is 0 Å². The highest BCUT2D eigenvalue weighted by Gasteiger charge is 2.17. The number of nitrogens with two attached hydrogens (primary N) is 1. The van der Waals surface area contributed by atoms with E-state index in [-0.39, 0.29) is 4.88 Å². The molecule has 2 heterocycles. The van der Waals surface area contributed by atoms with Gasteiger partial charge in [0.05, 0.1) is 22.6 Å². The molecule has 0 saturated heterocycles. The summed E-state index contributed by atoms with van der Waals surface area (Å²) in [6.45, 7) is 0. The monoisotopic (exact) mass is 255 g/mol. The van der Waals surface area contributed by atoms with Gasteiger partial charge in [0, 0.05) is 0 Å². The number of thiophene rings is 2. The van der Waals surface area contributed by atoms with Gasteiger partial charge in [-0.15, -0.1) is 22.7 Å². The van der Waals surface area contributed by atoms with E-state index in [1.54, 1.807) is 13.2 Å². The third-order valence-electron chi connectivity index (χ3n) is 2.03. The van der Waals surface area contributed by atoms with Gasteiger partial charge in [-0.25, -0.2) is 4.79 Å². The molecule has 2 aromatic heterocycles. The first-order valence-electron chi connectivity index (χ1n) is 4.38. The van der Waals surface area contributed by atoms with Crippen molar-refractivity contribution in [2.75, 3.05) is 12.8 Å². The quantitative estimate of drug-likeness (QED) is 0.884. The normalized spacial score (nSPS) is 10.3. The number of rotatable bonds is 3. The number of nitrogen functional groups attached to an aromatic ring is 1. The summed E-state index contributed by atoms with van der Waals surface area (Å²) in [4.78, 5) is 12.8. The minimum atomic E-state index is -0.996. The van der Waals surface area contributed by atoms with E-state index in [0.29, 0.717) is 5.69 Å². The molecule has 0 bridgehead atoms. The SMILES string of the molecule is COc1ccsc1-c1cc(N)c(C(=O)O)s1. The predicted molar refractivity (Wildman–Crippen MR) is 65.6 cm³/mol. The maximum Gasteiger partial charge on any atom is 0.348 e. The van der Waals surface area contributed by atoms with Gasteiger partial charge in [-0.1, -0.05) is 0 Å². The zero-order chi connectivity index (χ0) is 11.7. The molecule has 0 amide bonds. The smallest absolute Gasteiger partial charge is 0.348 e. The van der Waals surface area contributed by atoms with Gasteiger partial charge in [0.1, 0.15) is 10.6 Å². The molecule has 0 radical (unpaired) electrons. The van der Waals surface area contributed by atoms with Crippen LogP contribution in [0.2, 0.25) is 0 Å². The van der Waals surface area contributed by atoms with Crippen molar-refractivity contribution >= 4 is 34.3 Å². The average Bonchev–Trinajstić information content (AvgIpc) is 2.82. The average molecular weight is 255 g/mol. The topological polar surface area (TPSA) is 72.5 Å². The Bertz CT molecular complexity index is 530. The van der Waals surface area contributed by atoms with E-state index in [9.17, 15) is 4.79 Å². The van der Waals surface area contributed by atoms with Crippen molar-refractivity contribution in [2.24, 2.45) is 0 Å². The van der Waals surface area contributed by atoms with E-state index in [1.165, 1.54) is 11.3 Å². The van der Waals surface area contributed by atoms with Gasteiger partial charge in [0.25, 0.3) is 0 Å². The molecule has 0 spiro atoms. The molecule has 2 aromatic rings. The molecule has 0 saturated carbocycles. The second kappa shape index (κ2) is 4.15. The third kappa shape index (κ3) is 1.77. The number of aromatic carboxylic acids is 1. The Kier molecular flexibility index (Phi) is 2.84. The maximum absolute atomic E-state index is 10.9. The van der Waals surface area contributed by atoms with Crippen LogP contribution in [-0.4, -0.2) is 18.2 Å². The number of methoxy groups -OCH3 is 1. The second-order valence-electron chi connectivity index (χ2n) is 3.02. The molecule has 6 heteroatoms. The summed E-state index contributed by atoms with van der Waals surface area (Å²) >= 11 is 2.66. The van der Waals surface area contributed by atoms with Crippen LogP contribution in [0.1, 0.15) is 9.67 Å². The molecule has 4 nitrogen and oxygen atoms in total. The van der Waals surface area contributed by atoms with E-state index in [1.807, 2.05) is 11.4 Å². The first-order valence-corrected chi connectivity index (χ1v) is 6.07. The highest BCUT2D eigenvalue weighted by Crippen LogP contribution is 2.41. The van der Waals surface area contributed by atoms with E-state index in [0.717, 1.165) is 26.8 Å². The first-order chi connectivity index (χ1) is 7.63. The molecule has 0 fully saturated rings. The van der Waals surface area contributed by atoms with E-state index >= 15 is 0 Å². The molecule has 16 heavy (non-hydrogen) atoms. The van der Waals surface area contributed by atoms with Crippen LogP contribution in [0.5, 0.6) is 5.75 Å². The molecular formula is C10H9NO3S2. The number of ether oxygens (including phenoxy) is 1. The minimum Gasteiger partial charge on any atom is -0.495 e. The summed E-state index contributed by atoms with van der Waals surface area (Å²) in [5.74, 6) is -0.257. The van der Waals surface area contributed by atoms with Gasteiger partial charge in [-0.2, -0.15) is 0 Å². The number of carboxylic acids is 1. The molecule has 84 valence electrons. The number of anilines is 1. The third-order valence-corrected chi connectivity index (χ3v) is 4.24. The number of hydrogen-bond donors (Lipinski definition) is 2. The standard InChI is InChI=1S/C10H9NO3S2/c1-14-6-2-3-15-9(6)7-4-5(11)8(16-7)10(12)13/h2-4H,11H2,1H3,(H,12,13). The summed E-state index contributed by atoms with van der Waals surface area (Å²) in [6, 6.07) is 3.51. The van der Waals surface area contributed by atoms with Crippen LogP contribution in [0.15, 0.2) is 17.5 Å². The van der Waals surface area contributed by atoms with Crippen LogP contribution in [-0.2, 0) is 0 Å². The summed E-state index contributed by atoms with van der Waals surface area (Å²) < 4.78 is 5.18. The highest BCUT2D eigenvalue weighted by atomic mass is 32.1. The molecule has 3 N–H and O–H groups in total. The number of carbonyl (C=O) groups is 1. The van der Waals surface area contributed by atoms with Crippen LogP contribution in [0, 0.1) is 0 Å². The molecular weight excluding hydrogens is 246 g/mol. The van der Waals surface area contributed by atoms with Gasteiger partial charge < -0.3 is 15.6 Å². The summed E-state index contributed by atoms with van der Waals surface area (Å²) in [7, 11) is 1.58. The lowest BCUT2D eigenvalue weighted by Gasteiger charge is -1.98. The van der Waals surface area contributed by atoms with Gasteiger partial charge in [-0.3, -0.25) is 0 Å². The zero-order valence-corrected chi connectivity index (χ0v) is 10.0. The summed E-state index contributed by atoms with van der Waals surface area (Å²) in [6.07, 6.45) is 0. The minimum absolute atomic E-state index is 0.172. The molecule has 0 unspecified atom stereocenters. The lowest BCUT2D eigenvalue weighted by Crippen LogP contribution is -1.96. The molecule has 0 aliphatic carbocycles. The first kappa shape index (κ1) is 11.0. The van der Waals surface area contributed by atoms with Crippen molar-refractivity contribution in [1.29, 1.82) is 0 Å². The van der Waals surface area contributed by atoms with Crippen molar-refractivity contribution in [2.45, 2.75) is 0 Å². The fraction of sp³-hybridized carbons (Fsp3) is 0.100. The Hall–Kier alpha value is -1.53. The van der Waals surface area contributed by atoms with Crippen LogP contribution in [0.4, 0.5) is 5.69 Å². The van der Waals surface area contributed by atoms with Crippen molar-refractivity contribution in [3.63, 3.8) is 0 Å².